The Balaban J connectivity index is 3.37. The number of hydrogen-bond donors (Lipinski definition) is 4. The van der Waals surface area contributed by atoms with Gasteiger partial charge in [0.05, 0.1) is 25.7 Å². The van der Waals surface area contributed by atoms with Crippen molar-refractivity contribution in [2.75, 3.05) is 0 Å². The fourth-order valence-electron chi connectivity index (χ4n) is 1.88. The molecule has 21 heavy (non-hydrogen) atoms. The Kier molecular flexibility index (Phi) is 5.42. The molecule has 0 spiro atoms. The molecule has 0 saturated heterocycles. The van der Waals surface area contributed by atoms with E-state index in [0.29, 0.717) is 0 Å². The van der Waals surface area contributed by atoms with E-state index >= 15 is 0 Å². The lowest BCUT2D eigenvalue weighted by molar-refractivity contribution is -0.138. The van der Waals surface area contributed by atoms with Gasteiger partial charge in [0.15, 0.2) is 0 Å². The zero-order valence-electron chi connectivity index (χ0n) is 10.7. The molecule has 0 aromatic carbocycles. The van der Waals surface area contributed by atoms with Gasteiger partial charge < -0.3 is 20.4 Å². The Bertz CT molecular complexity index is 550. The first-order chi connectivity index (χ1) is 9.70. The molecule has 4 N–H and O–H groups in total. The van der Waals surface area contributed by atoms with Crippen molar-refractivity contribution in [1.29, 1.82) is 0 Å². The van der Waals surface area contributed by atoms with Gasteiger partial charge in [-0.15, -0.1) is 11.3 Å². The van der Waals surface area contributed by atoms with Crippen molar-refractivity contribution in [3.05, 3.63) is 20.9 Å². The van der Waals surface area contributed by atoms with Crippen LogP contribution in [0, 0.1) is 0 Å². The molecule has 0 saturated carbocycles. The van der Waals surface area contributed by atoms with E-state index in [1.165, 1.54) is 0 Å². The molecule has 0 unspecified atom stereocenters. The van der Waals surface area contributed by atoms with Crippen molar-refractivity contribution in [1.82, 2.24) is 0 Å². The van der Waals surface area contributed by atoms with E-state index in [1.807, 2.05) is 0 Å². The summed E-state index contributed by atoms with van der Waals surface area (Å²) < 4.78 is 0. The highest BCUT2D eigenvalue weighted by Crippen LogP contribution is 2.31. The predicted molar refractivity (Wildman–Crippen MR) is 69.7 cm³/mol. The van der Waals surface area contributed by atoms with Crippen molar-refractivity contribution in [2.45, 2.75) is 25.7 Å². The molecule has 0 bridgehead atoms. The molecule has 1 aromatic heterocycles. The van der Waals surface area contributed by atoms with E-state index in [-0.39, 0.29) is 20.9 Å². The number of thiophene rings is 1. The summed E-state index contributed by atoms with van der Waals surface area (Å²) in [5.41, 5.74) is 0.183. The van der Waals surface area contributed by atoms with Gasteiger partial charge in [0.25, 0.3) is 0 Å². The highest BCUT2D eigenvalue weighted by atomic mass is 32.1. The number of aliphatic carboxylic acids is 4. The molecule has 0 radical (unpaired) electrons. The quantitative estimate of drug-likeness (QED) is 0.533. The van der Waals surface area contributed by atoms with Crippen LogP contribution >= 0.6 is 11.3 Å². The van der Waals surface area contributed by atoms with E-state index < -0.39 is 49.6 Å². The van der Waals surface area contributed by atoms with Crippen LogP contribution in [0.15, 0.2) is 0 Å². The summed E-state index contributed by atoms with van der Waals surface area (Å²) in [5.74, 6) is -4.89. The Morgan fingerprint density at radius 2 is 0.905 bits per heavy atom. The summed E-state index contributed by atoms with van der Waals surface area (Å²) in [6.07, 6.45) is -2.03. The van der Waals surface area contributed by atoms with Crippen LogP contribution in [-0.4, -0.2) is 44.3 Å². The van der Waals surface area contributed by atoms with Crippen molar-refractivity contribution in [2.24, 2.45) is 0 Å². The van der Waals surface area contributed by atoms with E-state index in [1.54, 1.807) is 0 Å². The first-order valence-corrected chi connectivity index (χ1v) is 6.51. The summed E-state index contributed by atoms with van der Waals surface area (Å²) in [4.78, 5) is 43.7. The molecule has 114 valence electrons. The second kappa shape index (κ2) is 6.84. The summed E-state index contributed by atoms with van der Waals surface area (Å²) in [7, 11) is 0. The molecule has 0 amide bonds. The lowest BCUT2D eigenvalue weighted by Gasteiger charge is -2.04. The van der Waals surface area contributed by atoms with E-state index in [0.717, 1.165) is 11.3 Å². The van der Waals surface area contributed by atoms with Gasteiger partial charge >= 0.3 is 23.9 Å². The third kappa shape index (κ3) is 4.88. The molecular weight excluding hydrogens is 304 g/mol. The maximum Gasteiger partial charge on any atom is 0.308 e. The largest absolute Gasteiger partial charge is 0.481 e. The molecule has 1 aromatic rings. The lowest BCUT2D eigenvalue weighted by atomic mass is 10.00. The van der Waals surface area contributed by atoms with Crippen molar-refractivity contribution >= 4 is 35.2 Å². The van der Waals surface area contributed by atoms with Crippen LogP contribution in [0.1, 0.15) is 20.9 Å². The predicted octanol–water partition coefficient (Wildman–Crippen LogP) is 0.256. The summed E-state index contributed by atoms with van der Waals surface area (Å²) in [5, 5.41) is 35.4. The van der Waals surface area contributed by atoms with Crippen LogP contribution in [0.5, 0.6) is 0 Å². The van der Waals surface area contributed by atoms with Gasteiger partial charge in [-0.25, -0.2) is 0 Å². The Morgan fingerprint density at radius 3 is 1.14 bits per heavy atom. The summed E-state index contributed by atoms with van der Waals surface area (Å²) in [6, 6.07) is 0. The maximum atomic E-state index is 10.9. The molecule has 0 aliphatic heterocycles. The van der Waals surface area contributed by atoms with Gasteiger partial charge in [-0.3, -0.25) is 19.2 Å². The van der Waals surface area contributed by atoms with Gasteiger partial charge in [-0.2, -0.15) is 0 Å². The second-order valence-electron chi connectivity index (χ2n) is 4.19. The fraction of sp³-hybridized carbons (Fsp3) is 0.333. The van der Waals surface area contributed by atoms with Gasteiger partial charge in [-0.1, -0.05) is 0 Å². The highest BCUT2D eigenvalue weighted by Gasteiger charge is 2.24. The molecule has 0 aliphatic rings. The van der Waals surface area contributed by atoms with E-state index in [2.05, 4.69) is 0 Å². The lowest BCUT2D eigenvalue weighted by Crippen LogP contribution is -2.11. The van der Waals surface area contributed by atoms with Gasteiger partial charge in [0.1, 0.15) is 0 Å². The Morgan fingerprint density at radius 1 is 0.619 bits per heavy atom. The first-order valence-electron chi connectivity index (χ1n) is 5.70. The smallest absolute Gasteiger partial charge is 0.308 e. The van der Waals surface area contributed by atoms with Crippen LogP contribution in [0.4, 0.5) is 0 Å². The number of carbonyl (C=O) groups is 4. The number of carboxylic acid groups (broad SMARTS) is 4. The molecule has 1 rings (SSSR count). The van der Waals surface area contributed by atoms with E-state index in [9.17, 15) is 19.2 Å². The molecule has 8 nitrogen and oxygen atoms in total. The third-order valence-electron chi connectivity index (χ3n) is 2.56. The van der Waals surface area contributed by atoms with Crippen LogP contribution in [0.3, 0.4) is 0 Å². The zero-order chi connectivity index (χ0) is 16.2. The number of rotatable bonds is 8. The molecule has 0 fully saturated rings. The standard InChI is InChI=1S/C12H12O8S/c13-9(14)1-5-6(2-10(15)16)8(4-12(19)20)21-7(5)3-11(17)18/h1-4H2,(H,13,14)(H,15,16)(H,17,18)(H,19,20). The SMILES string of the molecule is O=C(O)Cc1sc(CC(=O)O)c(CC(=O)O)c1CC(=O)O. The van der Waals surface area contributed by atoms with Crippen molar-refractivity contribution in [3.63, 3.8) is 0 Å². The van der Waals surface area contributed by atoms with Gasteiger partial charge in [-0.05, 0) is 11.1 Å². The van der Waals surface area contributed by atoms with Crippen LogP contribution in [0.2, 0.25) is 0 Å². The molecule has 9 heteroatoms. The van der Waals surface area contributed by atoms with Crippen LogP contribution in [-0.2, 0) is 44.9 Å². The van der Waals surface area contributed by atoms with E-state index in [4.69, 9.17) is 20.4 Å². The minimum atomic E-state index is -1.24. The van der Waals surface area contributed by atoms with Crippen molar-refractivity contribution in [3.8, 4) is 0 Å². The maximum absolute atomic E-state index is 10.9. The fourth-order valence-corrected chi connectivity index (χ4v) is 3.21. The topological polar surface area (TPSA) is 149 Å². The normalized spacial score (nSPS) is 10.3. The van der Waals surface area contributed by atoms with Gasteiger partial charge in [0.2, 0.25) is 0 Å². The first kappa shape index (κ1) is 16.6. The molecule has 1 heterocycles. The minimum absolute atomic E-state index is 0.0913. The Labute approximate surface area is 122 Å². The average molecular weight is 316 g/mol. The zero-order valence-corrected chi connectivity index (χ0v) is 11.5. The molecule has 0 atom stereocenters. The molecule has 0 aliphatic carbocycles. The summed E-state index contributed by atoms with van der Waals surface area (Å²) >= 11 is 0.838. The highest BCUT2D eigenvalue weighted by molar-refractivity contribution is 7.12. The summed E-state index contributed by atoms with van der Waals surface area (Å²) in [6.45, 7) is 0. The molecular formula is C12H12O8S. The number of carboxylic acids is 4. The van der Waals surface area contributed by atoms with Gasteiger partial charge in [0, 0.05) is 9.75 Å². The third-order valence-corrected chi connectivity index (χ3v) is 3.84. The average Bonchev–Trinajstić information content (AvgIpc) is 2.55. The minimum Gasteiger partial charge on any atom is -0.481 e. The Hall–Kier alpha value is -2.42. The number of hydrogen-bond acceptors (Lipinski definition) is 5. The van der Waals surface area contributed by atoms with Crippen LogP contribution in [0.25, 0.3) is 0 Å². The monoisotopic (exact) mass is 316 g/mol. The van der Waals surface area contributed by atoms with Crippen LogP contribution < -0.4 is 0 Å². The second-order valence-corrected chi connectivity index (χ2v) is 5.38. The van der Waals surface area contributed by atoms with Crippen molar-refractivity contribution < 1.29 is 39.6 Å².